The lowest BCUT2D eigenvalue weighted by atomic mass is 10.3. The van der Waals surface area contributed by atoms with Gasteiger partial charge in [0.15, 0.2) is 0 Å². The van der Waals surface area contributed by atoms with Crippen LogP contribution in [0.25, 0.3) is 0 Å². The number of anilines is 1. The van der Waals surface area contributed by atoms with Crippen LogP contribution in [0.4, 0.5) is 5.82 Å². The fourth-order valence-electron chi connectivity index (χ4n) is 1.49. The molecule has 0 unspecified atom stereocenters. The number of nitrogens with two attached hydrogens (primary N) is 1. The highest BCUT2D eigenvalue weighted by molar-refractivity contribution is 7.98. The summed E-state index contributed by atoms with van der Waals surface area (Å²) in [5.41, 5.74) is 3.65. The number of para-hydroxylation sites is 1. The predicted octanol–water partition coefficient (Wildman–Crippen LogP) is 2.67. The lowest BCUT2D eigenvalue weighted by Crippen LogP contribution is -2.08. The van der Waals surface area contributed by atoms with E-state index < -0.39 is 0 Å². The van der Waals surface area contributed by atoms with E-state index in [1.807, 2.05) is 42.6 Å². The summed E-state index contributed by atoms with van der Waals surface area (Å²) in [6.07, 6.45) is 1.82. The van der Waals surface area contributed by atoms with Gasteiger partial charge in [-0.1, -0.05) is 18.2 Å². The van der Waals surface area contributed by atoms with E-state index in [-0.39, 0.29) is 0 Å². The summed E-state index contributed by atoms with van der Waals surface area (Å²) in [6, 6.07) is 11.8. The molecule has 3 N–H and O–H groups in total. The Bertz CT molecular complexity index is 502. The molecule has 1 heterocycles. The maximum atomic E-state index is 5.31. The molecule has 0 radical (unpaired) electrons. The van der Waals surface area contributed by atoms with Crippen LogP contribution in [0.15, 0.2) is 47.5 Å². The number of nitrogens with one attached hydrogen (secondary N) is 1. The van der Waals surface area contributed by atoms with Gasteiger partial charge < -0.3 is 10.2 Å². The Morgan fingerprint density at radius 3 is 2.78 bits per heavy atom. The van der Waals surface area contributed by atoms with Crippen LogP contribution in [0.3, 0.4) is 0 Å². The lowest BCUT2D eigenvalue weighted by Gasteiger charge is -2.07. The molecule has 0 aliphatic rings. The smallest absolute Gasteiger partial charge is 0.139 e. The zero-order valence-corrected chi connectivity index (χ0v) is 10.9. The minimum Gasteiger partial charge on any atom is -0.496 e. The Morgan fingerprint density at radius 2 is 2.11 bits per heavy atom. The molecule has 4 nitrogen and oxygen atoms in total. The highest BCUT2D eigenvalue weighted by Crippen LogP contribution is 2.31. The van der Waals surface area contributed by atoms with Crippen LogP contribution in [-0.2, 0) is 5.75 Å². The van der Waals surface area contributed by atoms with Gasteiger partial charge in [0.05, 0.1) is 7.11 Å². The highest BCUT2D eigenvalue weighted by atomic mass is 32.2. The van der Waals surface area contributed by atoms with Gasteiger partial charge in [0.2, 0.25) is 0 Å². The number of hydrazine groups is 1. The number of benzene rings is 1. The second-order valence-corrected chi connectivity index (χ2v) is 4.65. The van der Waals surface area contributed by atoms with Crippen molar-refractivity contribution in [2.45, 2.75) is 10.6 Å². The van der Waals surface area contributed by atoms with Crippen molar-refractivity contribution in [2.75, 3.05) is 12.5 Å². The second kappa shape index (κ2) is 6.28. The third-order valence-electron chi connectivity index (χ3n) is 2.44. The second-order valence-electron chi connectivity index (χ2n) is 3.64. The van der Waals surface area contributed by atoms with Crippen molar-refractivity contribution >= 4 is 17.6 Å². The van der Waals surface area contributed by atoms with Gasteiger partial charge in [-0.05, 0) is 23.8 Å². The monoisotopic (exact) mass is 261 g/mol. The van der Waals surface area contributed by atoms with Crippen molar-refractivity contribution in [3.05, 3.63) is 48.2 Å². The summed E-state index contributed by atoms with van der Waals surface area (Å²) in [5, 5.41) is 0. The van der Waals surface area contributed by atoms with Gasteiger partial charge in [-0.15, -0.1) is 11.8 Å². The van der Waals surface area contributed by atoms with Crippen LogP contribution in [0.2, 0.25) is 0 Å². The molecular weight excluding hydrogens is 246 g/mol. The highest BCUT2D eigenvalue weighted by Gasteiger charge is 2.03. The third kappa shape index (κ3) is 3.15. The SMILES string of the molecule is COc1ccccc1SCc1ccc(NN)nc1. The molecule has 0 aliphatic heterocycles. The Hall–Kier alpha value is -1.72. The Labute approximate surface area is 111 Å². The molecule has 2 rings (SSSR count). The first-order chi connectivity index (χ1) is 8.83. The van der Waals surface area contributed by atoms with Gasteiger partial charge in [0.1, 0.15) is 11.6 Å². The van der Waals surface area contributed by atoms with E-state index in [4.69, 9.17) is 10.6 Å². The summed E-state index contributed by atoms with van der Waals surface area (Å²) < 4.78 is 5.31. The largest absolute Gasteiger partial charge is 0.496 e. The van der Waals surface area contributed by atoms with E-state index in [1.54, 1.807) is 18.9 Å². The molecule has 0 aliphatic carbocycles. The van der Waals surface area contributed by atoms with Gasteiger partial charge in [-0.2, -0.15) is 0 Å². The topological polar surface area (TPSA) is 60.2 Å². The van der Waals surface area contributed by atoms with Crippen molar-refractivity contribution in [2.24, 2.45) is 5.84 Å². The van der Waals surface area contributed by atoms with E-state index in [0.717, 1.165) is 22.0 Å². The number of nitrogens with zero attached hydrogens (tertiary/aromatic N) is 1. The summed E-state index contributed by atoms with van der Waals surface area (Å²) in [7, 11) is 1.68. The maximum Gasteiger partial charge on any atom is 0.139 e. The lowest BCUT2D eigenvalue weighted by molar-refractivity contribution is 0.405. The van der Waals surface area contributed by atoms with Gasteiger partial charge >= 0.3 is 0 Å². The summed E-state index contributed by atoms with van der Waals surface area (Å²) >= 11 is 1.72. The van der Waals surface area contributed by atoms with Crippen LogP contribution in [0, 0.1) is 0 Å². The molecule has 1 aromatic heterocycles. The fraction of sp³-hybridized carbons (Fsp3) is 0.154. The average Bonchev–Trinajstić information content (AvgIpc) is 2.46. The third-order valence-corrected chi connectivity index (χ3v) is 3.56. The van der Waals surface area contributed by atoms with Crippen LogP contribution >= 0.6 is 11.8 Å². The molecule has 5 heteroatoms. The van der Waals surface area contributed by atoms with Gasteiger partial charge in [-0.3, -0.25) is 0 Å². The first-order valence-corrected chi connectivity index (χ1v) is 6.49. The molecule has 1 aromatic carbocycles. The molecule has 0 spiro atoms. The molecule has 0 bridgehead atoms. The number of nitrogen functional groups attached to an aromatic ring is 1. The number of hydrogen-bond donors (Lipinski definition) is 2. The molecule has 0 saturated carbocycles. The first kappa shape index (κ1) is 12.7. The summed E-state index contributed by atoms with van der Waals surface area (Å²) in [6.45, 7) is 0. The average molecular weight is 261 g/mol. The Kier molecular flexibility index (Phi) is 4.44. The van der Waals surface area contributed by atoms with Crippen molar-refractivity contribution in [1.29, 1.82) is 0 Å². The first-order valence-electron chi connectivity index (χ1n) is 5.51. The molecule has 0 fully saturated rings. The quantitative estimate of drug-likeness (QED) is 0.492. The summed E-state index contributed by atoms with van der Waals surface area (Å²) in [5.74, 6) is 7.68. The summed E-state index contributed by atoms with van der Waals surface area (Å²) in [4.78, 5) is 5.30. The van der Waals surface area contributed by atoms with Crippen LogP contribution in [0.1, 0.15) is 5.56 Å². The fourth-order valence-corrected chi connectivity index (χ4v) is 2.46. The number of pyridine rings is 1. The van der Waals surface area contributed by atoms with E-state index >= 15 is 0 Å². The molecular formula is C13H15N3OS. The minimum atomic E-state index is 0.668. The number of aromatic nitrogens is 1. The maximum absolute atomic E-state index is 5.31. The Balaban J connectivity index is 2.02. The zero-order chi connectivity index (χ0) is 12.8. The molecule has 0 amide bonds. The number of rotatable bonds is 5. The van der Waals surface area contributed by atoms with E-state index in [2.05, 4.69) is 10.4 Å². The molecule has 0 atom stereocenters. The number of hydrogen-bond acceptors (Lipinski definition) is 5. The predicted molar refractivity (Wildman–Crippen MR) is 74.6 cm³/mol. The van der Waals surface area contributed by atoms with Crippen molar-refractivity contribution in [3.63, 3.8) is 0 Å². The minimum absolute atomic E-state index is 0.668. The molecule has 18 heavy (non-hydrogen) atoms. The van der Waals surface area contributed by atoms with Gasteiger partial charge in [0.25, 0.3) is 0 Å². The number of thioether (sulfide) groups is 1. The normalized spacial score (nSPS) is 10.1. The van der Waals surface area contributed by atoms with Crippen LogP contribution in [-0.4, -0.2) is 12.1 Å². The van der Waals surface area contributed by atoms with Crippen molar-refractivity contribution in [3.8, 4) is 5.75 Å². The molecule has 2 aromatic rings. The standard InChI is InChI=1S/C13H15N3OS/c1-17-11-4-2-3-5-12(11)18-9-10-6-7-13(16-14)15-8-10/h2-8H,9,14H2,1H3,(H,15,16). The van der Waals surface area contributed by atoms with Crippen molar-refractivity contribution in [1.82, 2.24) is 4.98 Å². The number of methoxy groups -OCH3 is 1. The van der Waals surface area contributed by atoms with E-state index in [9.17, 15) is 0 Å². The molecule has 0 saturated heterocycles. The van der Waals surface area contributed by atoms with Gasteiger partial charge in [0, 0.05) is 16.8 Å². The van der Waals surface area contributed by atoms with E-state index in [1.165, 1.54) is 0 Å². The van der Waals surface area contributed by atoms with Crippen LogP contribution in [0.5, 0.6) is 5.75 Å². The number of ether oxygens (including phenoxy) is 1. The van der Waals surface area contributed by atoms with Gasteiger partial charge in [-0.25, -0.2) is 10.8 Å². The zero-order valence-electron chi connectivity index (χ0n) is 10.1. The van der Waals surface area contributed by atoms with Crippen molar-refractivity contribution < 1.29 is 4.74 Å². The van der Waals surface area contributed by atoms with E-state index in [0.29, 0.717) is 5.82 Å². The Morgan fingerprint density at radius 1 is 1.28 bits per heavy atom. The molecule has 94 valence electrons. The van der Waals surface area contributed by atoms with Crippen LogP contribution < -0.4 is 16.0 Å².